The lowest BCUT2D eigenvalue weighted by Gasteiger charge is -2.32. The van der Waals surface area contributed by atoms with E-state index in [0.717, 1.165) is 42.7 Å². The zero-order valence-electron chi connectivity index (χ0n) is 15.7. The summed E-state index contributed by atoms with van der Waals surface area (Å²) in [6.07, 6.45) is 1.79. The van der Waals surface area contributed by atoms with Crippen LogP contribution in [0.2, 0.25) is 0 Å². The molecule has 1 fully saturated rings. The summed E-state index contributed by atoms with van der Waals surface area (Å²) >= 11 is 0. The molecule has 1 saturated heterocycles. The molecule has 3 aromatic rings. The third kappa shape index (κ3) is 4.32. The predicted molar refractivity (Wildman–Crippen MR) is 104 cm³/mol. The fourth-order valence-electron chi connectivity index (χ4n) is 3.25. The third-order valence-electron chi connectivity index (χ3n) is 4.70. The second kappa shape index (κ2) is 7.85. The van der Waals surface area contributed by atoms with Gasteiger partial charge in [-0.25, -0.2) is 9.97 Å². The summed E-state index contributed by atoms with van der Waals surface area (Å²) in [6, 6.07) is 13.9. The van der Waals surface area contributed by atoms with E-state index in [1.54, 1.807) is 0 Å². The van der Waals surface area contributed by atoms with Crippen molar-refractivity contribution >= 4 is 11.6 Å². The summed E-state index contributed by atoms with van der Waals surface area (Å²) in [6.45, 7) is 5.25. The van der Waals surface area contributed by atoms with E-state index in [1.807, 2.05) is 61.2 Å². The molecule has 1 N–H and O–H groups in total. The van der Waals surface area contributed by atoms with Gasteiger partial charge in [-0.2, -0.15) is 5.10 Å². The highest BCUT2D eigenvalue weighted by atomic mass is 16.5. The van der Waals surface area contributed by atoms with Crippen LogP contribution in [0, 0.1) is 6.92 Å². The van der Waals surface area contributed by atoms with Crippen LogP contribution in [-0.2, 0) is 18.3 Å². The van der Waals surface area contributed by atoms with Gasteiger partial charge in [0.05, 0.1) is 18.0 Å². The Morgan fingerprint density at radius 2 is 1.93 bits per heavy atom. The number of hydrogen-bond donors (Lipinski definition) is 1. The van der Waals surface area contributed by atoms with Gasteiger partial charge in [0.15, 0.2) is 0 Å². The lowest BCUT2D eigenvalue weighted by molar-refractivity contribution is -0.0355. The molecule has 3 aromatic heterocycles. The molecule has 0 aliphatic carbocycles. The summed E-state index contributed by atoms with van der Waals surface area (Å²) in [7, 11) is 1.98. The maximum Gasteiger partial charge on any atom is 0.131 e. The van der Waals surface area contributed by atoms with Gasteiger partial charge in [-0.3, -0.25) is 9.58 Å². The van der Waals surface area contributed by atoms with Crippen molar-refractivity contribution in [2.75, 3.05) is 25.0 Å². The Bertz CT molecular complexity index is 909. The van der Waals surface area contributed by atoms with Crippen molar-refractivity contribution in [2.24, 2.45) is 7.05 Å². The molecule has 0 aromatic carbocycles. The smallest absolute Gasteiger partial charge is 0.131 e. The van der Waals surface area contributed by atoms with Crippen molar-refractivity contribution in [1.29, 1.82) is 0 Å². The van der Waals surface area contributed by atoms with Gasteiger partial charge < -0.3 is 10.1 Å². The summed E-state index contributed by atoms with van der Waals surface area (Å²) in [5.74, 6) is 1.57. The fourth-order valence-corrected chi connectivity index (χ4v) is 3.25. The fraction of sp³-hybridized carbons (Fsp3) is 0.350. The van der Waals surface area contributed by atoms with Gasteiger partial charge in [0, 0.05) is 38.6 Å². The highest BCUT2D eigenvalue weighted by Gasteiger charge is 2.24. The minimum Gasteiger partial charge on any atom is -0.369 e. The molecule has 7 heteroatoms. The first-order chi connectivity index (χ1) is 13.2. The molecule has 1 aliphatic heterocycles. The minimum atomic E-state index is -0.0424. The number of morpholine rings is 1. The van der Waals surface area contributed by atoms with Crippen LogP contribution in [0.3, 0.4) is 0 Å². The molecule has 0 amide bonds. The topological polar surface area (TPSA) is 68.1 Å². The molecule has 1 aliphatic rings. The first-order valence-electron chi connectivity index (χ1n) is 9.16. The number of ether oxygens (including phenoxy) is 1. The van der Waals surface area contributed by atoms with Gasteiger partial charge in [-0.05, 0) is 37.3 Å². The molecule has 0 radical (unpaired) electrons. The van der Waals surface area contributed by atoms with Crippen molar-refractivity contribution in [1.82, 2.24) is 24.6 Å². The molecule has 0 unspecified atom stereocenters. The van der Waals surface area contributed by atoms with Crippen molar-refractivity contribution in [3.05, 3.63) is 65.7 Å². The largest absolute Gasteiger partial charge is 0.369 e. The lowest BCUT2D eigenvalue weighted by atomic mass is 10.2. The zero-order chi connectivity index (χ0) is 18.6. The Morgan fingerprint density at radius 3 is 2.70 bits per heavy atom. The van der Waals surface area contributed by atoms with Gasteiger partial charge >= 0.3 is 0 Å². The van der Waals surface area contributed by atoms with E-state index in [0.29, 0.717) is 6.61 Å². The number of hydrogen-bond acceptors (Lipinski definition) is 6. The number of aromatic nitrogens is 4. The van der Waals surface area contributed by atoms with Crippen LogP contribution in [0.25, 0.3) is 0 Å². The van der Waals surface area contributed by atoms with E-state index >= 15 is 0 Å². The van der Waals surface area contributed by atoms with Crippen LogP contribution in [0.1, 0.15) is 23.2 Å². The van der Waals surface area contributed by atoms with Gasteiger partial charge in [0.1, 0.15) is 17.7 Å². The molecule has 140 valence electrons. The van der Waals surface area contributed by atoms with Crippen LogP contribution in [-0.4, -0.2) is 44.3 Å². The molecule has 4 heterocycles. The summed E-state index contributed by atoms with van der Waals surface area (Å²) < 4.78 is 7.92. The summed E-state index contributed by atoms with van der Waals surface area (Å²) in [4.78, 5) is 11.6. The standard InChI is InChI=1S/C20H24N6O/c1-15-5-3-7-19(22-15)24-20-8-4-6-17(23-20)18-14-26(11-12-27-18)13-16-9-10-21-25(16)2/h3-10,18H,11-14H2,1-2H3,(H,22,23,24)/t18-/m0/s1. The van der Waals surface area contributed by atoms with E-state index < -0.39 is 0 Å². The molecule has 27 heavy (non-hydrogen) atoms. The van der Waals surface area contributed by atoms with Gasteiger partial charge in [0.25, 0.3) is 0 Å². The summed E-state index contributed by atoms with van der Waals surface area (Å²) in [5.41, 5.74) is 3.10. The maximum absolute atomic E-state index is 6.00. The number of aryl methyl sites for hydroxylation is 2. The van der Waals surface area contributed by atoms with Gasteiger partial charge in [-0.15, -0.1) is 0 Å². The number of nitrogens with one attached hydrogen (secondary N) is 1. The second-order valence-electron chi connectivity index (χ2n) is 6.78. The average Bonchev–Trinajstić information content (AvgIpc) is 3.07. The molecule has 1 atom stereocenters. The van der Waals surface area contributed by atoms with E-state index in [9.17, 15) is 0 Å². The first-order valence-corrected chi connectivity index (χ1v) is 9.16. The van der Waals surface area contributed by atoms with Crippen molar-refractivity contribution in [3.63, 3.8) is 0 Å². The highest BCUT2D eigenvalue weighted by Crippen LogP contribution is 2.23. The SMILES string of the molecule is Cc1cccc(Nc2cccc([C@@H]3CN(Cc4ccnn4C)CCO3)n2)n1. The van der Waals surface area contributed by atoms with Crippen LogP contribution in [0.5, 0.6) is 0 Å². The van der Waals surface area contributed by atoms with Crippen molar-refractivity contribution < 1.29 is 4.74 Å². The monoisotopic (exact) mass is 364 g/mol. The lowest BCUT2D eigenvalue weighted by Crippen LogP contribution is -2.38. The van der Waals surface area contributed by atoms with Crippen LogP contribution in [0.4, 0.5) is 11.6 Å². The second-order valence-corrected chi connectivity index (χ2v) is 6.78. The Hall–Kier alpha value is -2.77. The highest BCUT2D eigenvalue weighted by molar-refractivity contribution is 5.51. The minimum absolute atomic E-state index is 0.0424. The van der Waals surface area contributed by atoms with E-state index in [2.05, 4.69) is 26.4 Å². The molecule has 0 spiro atoms. The van der Waals surface area contributed by atoms with Crippen LogP contribution < -0.4 is 5.32 Å². The Labute approximate surface area is 159 Å². The van der Waals surface area contributed by atoms with Crippen molar-refractivity contribution in [3.8, 4) is 0 Å². The number of nitrogens with zero attached hydrogens (tertiary/aromatic N) is 5. The van der Waals surface area contributed by atoms with Crippen molar-refractivity contribution in [2.45, 2.75) is 19.6 Å². The molecule has 0 bridgehead atoms. The molecule has 4 rings (SSSR count). The maximum atomic E-state index is 6.00. The number of anilines is 2. The Balaban J connectivity index is 1.45. The molecule has 7 nitrogen and oxygen atoms in total. The number of rotatable bonds is 5. The van der Waals surface area contributed by atoms with Gasteiger partial charge in [0.2, 0.25) is 0 Å². The molecular weight excluding hydrogens is 340 g/mol. The van der Waals surface area contributed by atoms with E-state index in [4.69, 9.17) is 9.72 Å². The van der Waals surface area contributed by atoms with Gasteiger partial charge in [-0.1, -0.05) is 12.1 Å². The molecular formula is C20H24N6O. The normalized spacial score (nSPS) is 17.8. The Kier molecular flexibility index (Phi) is 5.13. The third-order valence-corrected chi connectivity index (χ3v) is 4.70. The Morgan fingerprint density at radius 1 is 1.11 bits per heavy atom. The number of pyridine rings is 2. The predicted octanol–water partition coefficient (Wildman–Crippen LogP) is 2.84. The van der Waals surface area contributed by atoms with E-state index in [-0.39, 0.29) is 6.10 Å². The molecule has 0 saturated carbocycles. The van der Waals surface area contributed by atoms with E-state index in [1.165, 1.54) is 5.69 Å². The van der Waals surface area contributed by atoms with Crippen LogP contribution >= 0.6 is 0 Å². The quantitative estimate of drug-likeness (QED) is 0.751. The van der Waals surface area contributed by atoms with Crippen LogP contribution in [0.15, 0.2) is 48.7 Å². The first kappa shape index (κ1) is 17.6. The summed E-state index contributed by atoms with van der Waals surface area (Å²) in [5, 5.41) is 7.53. The average molecular weight is 364 g/mol. The zero-order valence-corrected chi connectivity index (χ0v) is 15.7.